The number of carbonyl (C=O) groups excluding carboxylic acids is 2. The Hall–Kier alpha value is -4.54. The van der Waals surface area contributed by atoms with Crippen molar-refractivity contribution >= 4 is 39.1 Å². The van der Waals surface area contributed by atoms with Crippen LogP contribution in [0.3, 0.4) is 0 Å². The van der Waals surface area contributed by atoms with E-state index in [1.807, 2.05) is 51.1 Å². The Morgan fingerprint density at radius 2 is 1.50 bits per heavy atom. The van der Waals surface area contributed by atoms with Gasteiger partial charge >= 0.3 is 0 Å². The van der Waals surface area contributed by atoms with Crippen molar-refractivity contribution in [1.29, 1.82) is 0 Å². The maximum absolute atomic E-state index is 14.6. The number of sulfonamides is 1. The minimum Gasteiger partial charge on any atom is -0.493 e. The summed E-state index contributed by atoms with van der Waals surface area (Å²) in [6.07, 6.45) is 0.912. The number of amides is 2. The fraction of sp³-hybridized carbons (Fsp3) is 0.297. The van der Waals surface area contributed by atoms with Crippen LogP contribution >= 0.6 is 11.6 Å². The third-order valence-electron chi connectivity index (χ3n) is 8.08. The Bertz CT molecular complexity index is 1780. The lowest BCUT2D eigenvalue weighted by atomic mass is 10.0. The third kappa shape index (κ3) is 9.08. The van der Waals surface area contributed by atoms with E-state index in [1.54, 1.807) is 48.5 Å². The summed E-state index contributed by atoms with van der Waals surface area (Å²) >= 11 is 6.17. The van der Waals surface area contributed by atoms with Crippen LogP contribution in [0.4, 0.5) is 5.69 Å². The van der Waals surface area contributed by atoms with E-state index < -0.39 is 28.5 Å². The van der Waals surface area contributed by atoms with Gasteiger partial charge in [0.05, 0.1) is 24.8 Å². The van der Waals surface area contributed by atoms with Crippen molar-refractivity contribution in [1.82, 2.24) is 10.2 Å². The van der Waals surface area contributed by atoms with Crippen LogP contribution in [0.15, 0.2) is 102 Å². The topological polar surface area (TPSA) is 105 Å². The summed E-state index contributed by atoms with van der Waals surface area (Å²) in [5.74, 6) is -0.308. The molecule has 0 unspecified atom stereocenters. The first-order valence-electron chi connectivity index (χ1n) is 15.7. The minimum absolute atomic E-state index is 0.0412. The van der Waals surface area contributed by atoms with E-state index in [0.29, 0.717) is 22.9 Å². The van der Waals surface area contributed by atoms with Crippen LogP contribution in [0.5, 0.6) is 11.5 Å². The quantitative estimate of drug-likeness (QED) is 0.154. The van der Waals surface area contributed by atoms with Gasteiger partial charge in [-0.3, -0.25) is 13.9 Å². The first kappa shape index (κ1) is 36.3. The number of hydrogen-bond donors (Lipinski definition) is 1. The van der Waals surface area contributed by atoms with Gasteiger partial charge in [0, 0.05) is 30.1 Å². The third-order valence-corrected chi connectivity index (χ3v) is 10.1. The van der Waals surface area contributed by atoms with E-state index in [-0.39, 0.29) is 35.6 Å². The highest BCUT2D eigenvalue weighted by Gasteiger charge is 2.35. The van der Waals surface area contributed by atoms with Gasteiger partial charge in [0.15, 0.2) is 11.5 Å². The van der Waals surface area contributed by atoms with Gasteiger partial charge in [-0.15, -0.1) is 0 Å². The maximum atomic E-state index is 14.6. The molecule has 1 N–H and O–H groups in total. The van der Waals surface area contributed by atoms with Crippen molar-refractivity contribution in [2.45, 2.75) is 57.1 Å². The van der Waals surface area contributed by atoms with Gasteiger partial charge < -0.3 is 19.7 Å². The van der Waals surface area contributed by atoms with Gasteiger partial charge in [-0.25, -0.2) is 8.42 Å². The Morgan fingerprint density at radius 1 is 0.854 bits per heavy atom. The second-order valence-corrected chi connectivity index (χ2v) is 13.8. The molecule has 0 radical (unpaired) electrons. The van der Waals surface area contributed by atoms with Crippen molar-refractivity contribution in [2.24, 2.45) is 0 Å². The largest absolute Gasteiger partial charge is 0.493 e. The summed E-state index contributed by atoms with van der Waals surface area (Å²) in [6.45, 7) is 5.22. The summed E-state index contributed by atoms with van der Waals surface area (Å²) in [6, 6.07) is 26.5. The number of methoxy groups -OCH3 is 2. The molecule has 48 heavy (non-hydrogen) atoms. The molecule has 4 rings (SSSR count). The maximum Gasteiger partial charge on any atom is 0.264 e. The van der Waals surface area contributed by atoms with Crippen molar-refractivity contribution in [3.8, 4) is 11.5 Å². The van der Waals surface area contributed by atoms with Crippen LogP contribution in [0.2, 0.25) is 5.02 Å². The molecule has 0 aliphatic carbocycles. The van der Waals surface area contributed by atoms with E-state index in [2.05, 4.69) is 5.32 Å². The standard InChI is InChI=1S/C37H42ClN3O6S/c1-6-27(3)39-37(43)33(22-28-10-8-7-9-11-28)40(24-29-14-16-30(38)17-15-29)36(42)25-41(31-18-12-26(2)13-19-31)48(44,45)32-20-21-34(46-4)35(23-32)47-5/h7-21,23,27,33H,6,22,24-25H2,1-5H3,(H,39,43)/t27-,33-/m0/s1. The van der Waals surface area contributed by atoms with Crippen molar-refractivity contribution in [3.63, 3.8) is 0 Å². The van der Waals surface area contributed by atoms with Crippen LogP contribution in [0, 0.1) is 6.92 Å². The van der Waals surface area contributed by atoms with Crippen molar-refractivity contribution < 1.29 is 27.5 Å². The molecule has 0 fully saturated rings. The predicted octanol–water partition coefficient (Wildman–Crippen LogP) is 6.42. The number of nitrogens with one attached hydrogen (secondary N) is 1. The molecule has 254 valence electrons. The van der Waals surface area contributed by atoms with Gasteiger partial charge in [0.2, 0.25) is 11.8 Å². The number of aryl methyl sites for hydroxylation is 1. The number of carbonyl (C=O) groups is 2. The molecule has 0 saturated heterocycles. The monoisotopic (exact) mass is 691 g/mol. The molecule has 0 heterocycles. The first-order valence-corrected chi connectivity index (χ1v) is 17.5. The predicted molar refractivity (Wildman–Crippen MR) is 189 cm³/mol. The molecule has 4 aromatic carbocycles. The van der Waals surface area contributed by atoms with Gasteiger partial charge in [0.1, 0.15) is 12.6 Å². The minimum atomic E-state index is -4.33. The number of benzene rings is 4. The van der Waals surface area contributed by atoms with E-state index >= 15 is 0 Å². The van der Waals surface area contributed by atoms with Crippen LogP contribution in [0.25, 0.3) is 0 Å². The van der Waals surface area contributed by atoms with Crippen LogP contribution in [-0.4, -0.2) is 58.0 Å². The summed E-state index contributed by atoms with van der Waals surface area (Å²) in [4.78, 5) is 30.0. The number of hydrogen-bond acceptors (Lipinski definition) is 6. The van der Waals surface area contributed by atoms with E-state index in [9.17, 15) is 18.0 Å². The van der Waals surface area contributed by atoms with Gasteiger partial charge in [-0.1, -0.05) is 78.7 Å². The normalized spacial score (nSPS) is 12.5. The average Bonchev–Trinajstić information content (AvgIpc) is 3.09. The summed E-state index contributed by atoms with van der Waals surface area (Å²) < 4.78 is 40.5. The molecule has 11 heteroatoms. The molecule has 4 aromatic rings. The summed E-state index contributed by atoms with van der Waals surface area (Å²) in [5, 5.41) is 3.57. The first-order chi connectivity index (χ1) is 23.0. The Labute approximate surface area is 288 Å². The SMILES string of the molecule is CC[C@H](C)NC(=O)[C@H](Cc1ccccc1)N(Cc1ccc(Cl)cc1)C(=O)CN(c1ccc(C)cc1)S(=O)(=O)c1ccc(OC)c(OC)c1. The molecule has 2 amide bonds. The number of anilines is 1. The number of ether oxygens (including phenoxy) is 2. The fourth-order valence-corrected chi connectivity index (χ4v) is 6.68. The van der Waals surface area contributed by atoms with E-state index in [1.165, 1.54) is 37.3 Å². The Balaban J connectivity index is 1.82. The smallest absolute Gasteiger partial charge is 0.264 e. The van der Waals surface area contributed by atoms with Crippen molar-refractivity contribution in [2.75, 3.05) is 25.1 Å². The molecule has 0 aliphatic rings. The highest BCUT2D eigenvalue weighted by atomic mass is 35.5. The second-order valence-electron chi connectivity index (χ2n) is 11.5. The number of halogens is 1. The Kier molecular flexibility index (Phi) is 12.5. The summed E-state index contributed by atoms with van der Waals surface area (Å²) in [5.41, 5.74) is 2.79. The lowest BCUT2D eigenvalue weighted by molar-refractivity contribution is -0.140. The fourth-order valence-electron chi connectivity index (χ4n) is 5.13. The van der Waals surface area contributed by atoms with Crippen molar-refractivity contribution in [3.05, 3.63) is 119 Å². The lowest BCUT2D eigenvalue weighted by Crippen LogP contribution is -2.54. The molecule has 0 spiro atoms. The Morgan fingerprint density at radius 3 is 2.10 bits per heavy atom. The molecule has 2 atom stereocenters. The highest BCUT2D eigenvalue weighted by molar-refractivity contribution is 7.92. The average molecular weight is 692 g/mol. The zero-order valence-corrected chi connectivity index (χ0v) is 29.4. The van der Waals surface area contributed by atoms with Crippen LogP contribution in [0.1, 0.15) is 37.0 Å². The van der Waals surface area contributed by atoms with Crippen LogP contribution in [-0.2, 0) is 32.6 Å². The van der Waals surface area contributed by atoms with E-state index in [0.717, 1.165) is 21.0 Å². The zero-order valence-electron chi connectivity index (χ0n) is 27.9. The van der Waals surface area contributed by atoms with Gasteiger partial charge in [0.25, 0.3) is 10.0 Å². The molecule has 0 bridgehead atoms. The number of rotatable bonds is 15. The molecule has 0 aromatic heterocycles. The van der Waals surface area contributed by atoms with Gasteiger partial charge in [-0.2, -0.15) is 0 Å². The van der Waals surface area contributed by atoms with Crippen LogP contribution < -0.4 is 19.1 Å². The zero-order chi connectivity index (χ0) is 34.8. The molecule has 0 saturated carbocycles. The second kappa shape index (κ2) is 16.5. The lowest BCUT2D eigenvalue weighted by Gasteiger charge is -2.34. The van der Waals surface area contributed by atoms with E-state index in [4.69, 9.17) is 21.1 Å². The molecular formula is C37H42ClN3O6S. The number of nitrogens with zero attached hydrogens (tertiary/aromatic N) is 2. The summed E-state index contributed by atoms with van der Waals surface area (Å²) in [7, 11) is -1.45. The molecule has 9 nitrogen and oxygen atoms in total. The molecular weight excluding hydrogens is 650 g/mol. The highest BCUT2D eigenvalue weighted by Crippen LogP contribution is 2.32. The molecule has 0 aliphatic heterocycles. The van der Waals surface area contributed by atoms with Gasteiger partial charge in [-0.05, 0) is 67.8 Å².